The summed E-state index contributed by atoms with van der Waals surface area (Å²) in [6.07, 6.45) is 12.0. The zero-order valence-corrected chi connectivity index (χ0v) is 22.6. The molecule has 1 saturated heterocycles. The fraction of sp³-hybridized carbons (Fsp3) is 0.455. The molecule has 0 bridgehead atoms. The highest BCUT2D eigenvalue weighted by Crippen LogP contribution is 2.39. The van der Waals surface area contributed by atoms with Gasteiger partial charge < -0.3 is 9.64 Å². The van der Waals surface area contributed by atoms with Crippen LogP contribution in [0.5, 0.6) is 5.75 Å². The first-order valence-corrected chi connectivity index (χ1v) is 14.3. The van der Waals surface area contributed by atoms with Crippen molar-refractivity contribution in [1.29, 1.82) is 0 Å². The van der Waals surface area contributed by atoms with Gasteiger partial charge >= 0.3 is 0 Å². The number of para-hydroxylation sites is 1. The Hall–Kier alpha value is -3.18. The molecule has 1 spiro atoms. The van der Waals surface area contributed by atoms with Crippen molar-refractivity contribution in [3.63, 3.8) is 0 Å². The van der Waals surface area contributed by atoms with Gasteiger partial charge in [-0.1, -0.05) is 61.0 Å². The summed E-state index contributed by atoms with van der Waals surface area (Å²) in [4.78, 5) is 22.1. The molecular formula is C33H41N3O2. The average molecular weight is 512 g/mol. The van der Waals surface area contributed by atoms with Crippen molar-refractivity contribution >= 4 is 5.91 Å². The van der Waals surface area contributed by atoms with Crippen molar-refractivity contribution in [2.75, 3.05) is 32.8 Å². The Bertz CT molecular complexity index is 1140. The Morgan fingerprint density at radius 3 is 2.47 bits per heavy atom. The van der Waals surface area contributed by atoms with E-state index in [4.69, 9.17) is 4.74 Å². The van der Waals surface area contributed by atoms with Crippen LogP contribution in [-0.4, -0.2) is 53.5 Å². The maximum absolute atomic E-state index is 13.1. The van der Waals surface area contributed by atoms with Gasteiger partial charge in [0.1, 0.15) is 12.4 Å². The van der Waals surface area contributed by atoms with Crippen molar-refractivity contribution in [1.82, 2.24) is 14.8 Å². The number of carbonyl (C=O) groups excluding carboxylic acids is 1. The van der Waals surface area contributed by atoms with Gasteiger partial charge in [-0.05, 0) is 72.8 Å². The standard InChI is InChI=1S/C33H41N3O2/c37-32(16-15-28-9-2-1-3-10-28)36-21-18-33(19-22-36)17-7-6-13-30-12-4-5-14-31(30)38-24-23-35(27-33)26-29-11-8-20-34-25-29/h1-5,8-12,14,20,25H,6-7,13,15-19,21-24,26-27H2. The molecular weight excluding hydrogens is 470 g/mol. The first-order chi connectivity index (χ1) is 18.7. The van der Waals surface area contributed by atoms with Crippen LogP contribution in [0.15, 0.2) is 79.1 Å². The van der Waals surface area contributed by atoms with Crippen LogP contribution < -0.4 is 4.74 Å². The first-order valence-electron chi connectivity index (χ1n) is 14.3. The molecule has 0 saturated carbocycles. The summed E-state index contributed by atoms with van der Waals surface area (Å²) in [5, 5.41) is 0. The van der Waals surface area contributed by atoms with Gasteiger partial charge in [-0.25, -0.2) is 0 Å². The highest BCUT2D eigenvalue weighted by molar-refractivity contribution is 5.76. The average Bonchev–Trinajstić information content (AvgIpc) is 2.96. The molecule has 1 amide bonds. The van der Waals surface area contributed by atoms with Crippen LogP contribution in [0, 0.1) is 5.41 Å². The lowest BCUT2D eigenvalue weighted by molar-refractivity contribution is -0.133. The van der Waals surface area contributed by atoms with E-state index in [1.165, 1.54) is 36.0 Å². The molecule has 3 heterocycles. The maximum atomic E-state index is 13.1. The second-order valence-electron chi connectivity index (χ2n) is 11.1. The number of rotatable bonds is 5. The number of aryl methyl sites for hydroxylation is 2. The third kappa shape index (κ3) is 7.22. The smallest absolute Gasteiger partial charge is 0.222 e. The molecule has 0 aliphatic carbocycles. The number of benzene rings is 2. The number of nitrogens with zero attached hydrogens (tertiary/aromatic N) is 3. The summed E-state index contributed by atoms with van der Waals surface area (Å²) >= 11 is 0. The quantitative estimate of drug-likeness (QED) is 0.426. The Morgan fingerprint density at radius 1 is 0.868 bits per heavy atom. The third-order valence-corrected chi connectivity index (χ3v) is 8.38. The van der Waals surface area contributed by atoms with Crippen LogP contribution >= 0.6 is 0 Å². The lowest BCUT2D eigenvalue weighted by Gasteiger charge is -2.45. The van der Waals surface area contributed by atoms with E-state index < -0.39 is 0 Å². The monoisotopic (exact) mass is 511 g/mol. The van der Waals surface area contributed by atoms with Crippen LogP contribution in [0.1, 0.15) is 55.2 Å². The number of carbonyl (C=O) groups is 1. The Labute approximate surface area is 227 Å². The van der Waals surface area contributed by atoms with Gasteiger partial charge in [-0.2, -0.15) is 0 Å². The number of amides is 1. The van der Waals surface area contributed by atoms with Gasteiger partial charge in [0.05, 0.1) is 0 Å². The first kappa shape index (κ1) is 26.4. The summed E-state index contributed by atoms with van der Waals surface area (Å²) in [7, 11) is 0. The van der Waals surface area contributed by atoms with Gasteiger partial charge in [-0.15, -0.1) is 0 Å². The molecule has 1 aromatic heterocycles. The van der Waals surface area contributed by atoms with E-state index in [0.717, 1.165) is 64.2 Å². The fourth-order valence-corrected chi connectivity index (χ4v) is 6.16. The fourth-order valence-electron chi connectivity index (χ4n) is 6.16. The van der Waals surface area contributed by atoms with Crippen LogP contribution in [0.3, 0.4) is 0 Å². The van der Waals surface area contributed by atoms with Crippen LogP contribution in [0.4, 0.5) is 0 Å². The molecule has 3 aromatic rings. The predicted octanol–water partition coefficient (Wildman–Crippen LogP) is 5.93. The Kier molecular flexibility index (Phi) is 9.08. The van der Waals surface area contributed by atoms with Crippen LogP contribution in [0.2, 0.25) is 0 Å². The lowest BCUT2D eigenvalue weighted by Crippen LogP contribution is -2.48. The zero-order chi connectivity index (χ0) is 26.0. The molecule has 0 radical (unpaired) electrons. The predicted molar refractivity (Wildman–Crippen MR) is 152 cm³/mol. The number of pyridine rings is 1. The largest absolute Gasteiger partial charge is 0.492 e. The number of ether oxygens (including phenoxy) is 1. The minimum atomic E-state index is 0.233. The number of hydrogen-bond donors (Lipinski definition) is 0. The van der Waals surface area contributed by atoms with Gasteiger partial charge in [0, 0.05) is 51.5 Å². The molecule has 200 valence electrons. The SMILES string of the molecule is O=C(CCc1ccccc1)N1CCC2(CCCCc3ccccc3OCCN(Cc3cccnc3)C2)CC1. The van der Waals surface area contributed by atoms with Crippen LogP contribution in [0.25, 0.3) is 0 Å². The lowest BCUT2D eigenvalue weighted by atomic mass is 9.73. The van der Waals surface area contributed by atoms with E-state index >= 15 is 0 Å². The maximum Gasteiger partial charge on any atom is 0.222 e. The van der Waals surface area contributed by atoms with Crippen molar-refractivity contribution < 1.29 is 9.53 Å². The molecule has 5 heteroatoms. The van der Waals surface area contributed by atoms with E-state index in [9.17, 15) is 4.79 Å². The normalized spacial score (nSPS) is 18.6. The summed E-state index contributed by atoms with van der Waals surface area (Å²) in [5.74, 6) is 1.33. The van der Waals surface area contributed by atoms with Crippen molar-refractivity contribution in [2.24, 2.45) is 5.41 Å². The highest BCUT2D eigenvalue weighted by Gasteiger charge is 2.37. The molecule has 1 fully saturated rings. The van der Waals surface area contributed by atoms with E-state index in [0.29, 0.717) is 18.9 Å². The molecule has 0 N–H and O–H groups in total. The number of hydrogen-bond acceptors (Lipinski definition) is 4. The third-order valence-electron chi connectivity index (χ3n) is 8.38. The minimum Gasteiger partial charge on any atom is -0.492 e. The van der Waals surface area contributed by atoms with Crippen molar-refractivity contribution in [3.8, 4) is 5.75 Å². The number of fused-ring (bicyclic) bond motifs is 1. The van der Waals surface area contributed by atoms with Crippen LogP contribution in [-0.2, 0) is 24.2 Å². The molecule has 38 heavy (non-hydrogen) atoms. The van der Waals surface area contributed by atoms with Gasteiger partial charge in [0.25, 0.3) is 0 Å². The number of aromatic nitrogens is 1. The van der Waals surface area contributed by atoms with Gasteiger partial charge in [0.15, 0.2) is 0 Å². The Balaban J connectivity index is 1.26. The van der Waals surface area contributed by atoms with Crippen molar-refractivity contribution in [3.05, 3.63) is 95.8 Å². The number of likely N-dealkylation sites (tertiary alicyclic amines) is 1. The molecule has 0 atom stereocenters. The molecule has 2 aromatic carbocycles. The zero-order valence-electron chi connectivity index (χ0n) is 22.6. The topological polar surface area (TPSA) is 45.7 Å². The van der Waals surface area contributed by atoms with E-state index in [1.807, 2.05) is 24.5 Å². The summed E-state index contributed by atoms with van der Waals surface area (Å²) in [6, 6.07) is 23.1. The van der Waals surface area contributed by atoms with E-state index in [1.54, 1.807) is 0 Å². The second kappa shape index (κ2) is 13.1. The second-order valence-corrected chi connectivity index (χ2v) is 11.1. The molecule has 2 aliphatic rings. The molecule has 0 unspecified atom stereocenters. The van der Waals surface area contributed by atoms with Gasteiger partial charge in [-0.3, -0.25) is 14.7 Å². The van der Waals surface area contributed by atoms with Crippen molar-refractivity contribution in [2.45, 2.75) is 57.9 Å². The summed E-state index contributed by atoms with van der Waals surface area (Å²) in [6.45, 7) is 5.21. The summed E-state index contributed by atoms with van der Waals surface area (Å²) in [5.41, 5.74) is 4.03. The van der Waals surface area contributed by atoms with Gasteiger partial charge in [0.2, 0.25) is 5.91 Å². The highest BCUT2D eigenvalue weighted by atomic mass is 16.5. The Morgan fingerprint density at radius 2 is 1.66 bits per heavy atom. The summed E-state index contributed by atoms with van der Waals surface area (Å²) < 4.78 is 6.31. The van der Waals surface area contributed by atoms with E-state index in [-0.39, 0.29) is 5.41 Å². The molecule has 5 nitrogen and oxygen atoms in total. The van der Waals surface area contributed by atoms with E-state index in [2.05, 4.69) is 69.4 Å². The minimum absolute atomic E-state index is 0.233. The molecule has 5 rings (SSSR count). The number of piperidine rings is 1. The molecule has 2 aliphatic heterocycles.